The van der Waals surface area contributed by atoms with Crippen molar-refractivity contribution in [3.63, 3.8) is 0 Å². The highest BCUT2D eigenvalue weighted by molar-refractivity contribution is 7.13. The van der Waals surface area contributed by atoms with Crippen molar-refractivity contribution in [1.82, 2.24) is 34.3 Å². The highest BCUT2D eigenvalue weighted by Gasteiger charge is 2.24. The molecule has 4 aromatic heterocycles. The molecule has 1 saturated heterocycles. The van der Waals surface area contributed by atoms with Gasteiger partial charge in [-0.25, -0.2) is 9.67 Å². The number of piperazine rings is 1. The third-order valence-electron chi connectivity index (χ3n) is 6.37. The van der Waals surface area contributed by atoms with Crippen LogP contribution in [0.15, 0.2) is 36.0 Å². The van der Waals surface area contributed by atoms with E-state index in [-0.39, 0.29) is 12.5 Å². The summed E-state index contributed by atoms with van der Waals surface area (Å²) in [5.41, 5.74) is 5.16. The molecular weight excluding hydrogens is 434 g/mol. The first-order valence-electron chi connectivity index (χ1n) is 11.4. The SMILES string of the molecule is CCn1cc(CN2CCN(C(=O)Cn3nc(C)c4c(-c5cccs5)ccnc43)CC2)c(C)n1. The summed E-state index contributed by atoms with van der Waals surface area (Å²) in [6, 6.07) is 6.18. The fourth-order valence-electron chi connectivity index (χ4n) is 4.53. The quantitative estimate of drug-likeness (QED) is 0.439. The minimum atomic E-state index is 0.0948. The van der Waals surface area contributed by atoms with E-state index in [1.807, 2.05) is 28.6 Å². The van der Waals surface area contributed by atoms with E-state index in [0.29, 0.717) is 0 Å². The number of aromatic nitrogens is 5. The number of fused-ring (bicyclic) bond motifs is 1. The minimum Gasteiger partial charge on any atom is -0.339 e. The average Bonchev–Trinajstić information content (AvgIpc) is 3.55. The Hall–Kier alpha value is -3.04. The number of hydrogen-bond acceptors (Lipinski definition) is 6. The van der Waals surface area contributed by atoms with Crippen LogP contribution in [0.25, 0.3) is 21.5 Å². The van der Waals surface area contributed by atoms with Crippen LogP contribution in [0.4, 0.5) is 0 Å². The number of aryl methyl sites for hydroxylation is 3. The Kier molecular flexibility index (Phi) is 5.99. The molecule has 5 heterocycles. The summed E-state index contributed by atoms with van der Waals surface area (Å²) in [6.07, 6.45) is 3.94. The summed E-state index contributed by atoms with van der Waals surface area (Å²) in [4.78, 5) is 23.2. The third-order valence-corrected chi connectivity index (χ3v) is 7.27. The smallest absolute Gasteiger partial charge is 0.244 e. The Morgan fingerprint density at radius 1 is 1.09 bits per heavy atom. The van der Waals surface area contributed by atoms with Gasteiger partial charge in [-0.3, -0.25) is 14.4 Å². The molecule has 0 radical (unpaired) electrons. The summed E-state index contributed by atoms with van der Waals surface area (Å²) in [5, 5.41) is 12.3. The average molecular weight is 464 g/mol. The molecule has 9 heteroatoms. The Labute approximate surface area is 197 Å². The van der Waals surface area contributed by atoms with Gasteiger partial charge >= 0.3 is 0 Å². The number of rotatable bonds is 6. The first kappa shape index (κ1) is 21.8. The normalized spacial score (nSPS) is 14.9. The summed E-state index contributed by atoms with van der Waals surface area (Å²) < 4.78 is 3.75. The van der Waals surface area contributed by atoms with Crippen molar-refractivity contribution in [2.45, 2.75) is 40.4 Å². The van der Waals surface area contributed by atoms with Gasteiger partial charge in [-0.2, -0.15) is 10.2 Å². The fraction of sp³-hybridized carbons (Fsp3) is 0.417. The van der Waals surface area contributed by atoms with Gasteiger partial charge in [0.2, 0.25) is 5.91 Å². The van der Waals surface area contributed by atoms with Gasteiger partial charge in [0.15, 0.2) is 5.65 Å². The van der Waals surface area contributed by atoms with Crippen molar-refractivity contribution in [1.29, 1.82) is 0 Å². The molecule has 0 saturated carbocycles. The predicted octanol–water partition coefficient (Wildman–Crippen LogP) is 3.34. The molecule has 0 bridgehead atoms. The molecule has 0 spiro atoms. The lowest BCUT2D eigenvalue weighted by Gasteiger charge is -2.34. The van der Waals surface area contributed by atoms with Crippen molar-refractivity contribution < 1.29 is 4.79 Å². The van der Waals surface area contributed by atoms with Crippen LogP contribution in [-0.2, 0) is 24.4 Å². The lowest BCUT2D eigenvalue weighted by Crippen LogP contribution is -2.49. The topological polar surface area (TPSA) is 72.1 Å². The van der Waals surface area contributed by atoms with Gasteiger partial charge in [0.05, 0.1) is 16.8 Å². The number of thiophene rings is 1. The summed E-state index contributed by atoms with van der Waals surface area (Å²) in [6.45, 7) is 11.3. The number of carbonyl (C=O) groups is 1. The van der Waals surface area contributed by atoms with Crippen molar-refractivity contribution in [3.05, 3.63) is 52.9 Å². The molecule has 172 valence electrons. The monoisotopic (exact) mass is 463 g/mol. The van der Waals surface area contributed by atoms with Gasteiger partial charge in [-0.05, 0) is 38.3 Å². The molecule has 4 aromatic rings. The summed E-state index contributed by atoms with van der Waals surface area (Å²) >= 11 is 1.70. The predicted molar refractivity (Wildman–Crippen MR) is 130 cm³/mol. The second kappa shape index (κ2) is 9.07. The second-order valence-corrected chi connectivity index (χ2v) is 9.48. The molecule has 1 aliphatic rings. The van der Waals surface area contributed by atoms with Gasteiger partial charge in [-0.1, -0.05) is 6.07 Å². The summed E-state index contributed by atoms with van der Waals surface area (Å²) in [7, 11) is 0. The van der Waals surface area contributed by atoms with Crippen LogP contribution < -0.4 is 0 Å². The highest BCUT2D eigenvalue weighted by Crippen LogP contribution is 2.32. The van der Waals surface area contributed by atoms with Gasteiger partial charge in [0.1, 0.15) is 6.54 Å². The molecule has 1 fully saturated rings. The number of hydrogen-bond donors (Lipinski definition) is 0. The molecule has 0 aromatic carbocycles. The van der Waals surface area contributed by atoms with Crippen molar-refractivity contribution >= 4 is 28.3 Å². The van der Waals surface area contributed by atoms with Gasteiger partial charge in [0.25, 0.3) is 0 Å². The third kappa shape index (κ3) is 4.30. The Balaban J connectivity index is 1.25. The van der Waals surface area contributed by atoms with Crippen LogP contribution in [0.2, 0.25) is 0 Å². The zero-order valence-corrected chi connectivity index (χ0v) is 20.2. The molecule has 1 amide bonds. The van der Waals surface area contributed by atoms with Crippen molar-refractivity contribution in [3.8, 4) is 10.4 Å². The second-order valence-electron chi connectivity index (χ2n) is 8.53. The zero-order valence-electron chi connectivity index (χ0n) is 19.4. The van der Waals surface area contributed by atoms with E-state index in [0.717, 1.165) is 67.3 Å². The van der Waals surface area contributed by atoms with Crippen molar-refractivity contribution in [2.24, 2.45) is 0 Å². The standard InChI is InChI=1S/C24H29N7OS/c1-4-30-15-19(17(2)26-30)14-28-9-11-29(12-10-28)22(32)16-31-24-23(18(3)27-31)20(7-8-25-24)21-6-5-13-33-21/h5-8,13,15H,4,9-12,14,16H2,1-3H3. The fourth-order valence-corrected chi connectivity index (χ4v) is 5.29. The van der Waals surface area contributed by atoms with Crippen molar-refractivity contribution in [2.75, 3.05) is 26.2 Å². The maximum absolute atomic E-state index is 13.1. The van der Waals surface area contributed by atoms with Crippen LogP contribution in [0.5, 0.6) is 0 Å². The molecule has 5 rings (SSSR count). The lowest BCUT2D eigenvalue weighted by atomic mass is 10.1. The van der Waals surface area contributed by atoms with Crippen LogP contribution >= 0.6 is 11.3 Å². The lowest BCUT2D eigenvalue weighted by molar-refractivity contribution is -0.133. The van der Waals surface area contributed by atoms with E-state index < -0.39 is 0 Å². The molecule has 1 aliphatic heterocycles. The molecule has 0 N–H and O–H groups in total. The minimum absolute atomic E-state index is 0.0948. The number of nitrogens with zero attached hydrogens (tertiary/aromatic N) is 7. The highest BCUT2D eigenvalue weighted by atomic mass is 32.1. The molecular formula is C24H29N7OS. The summed E-state index contributed by atoms with van der Waals surface area (Å²) in [5.74, 6) is 0.0948. The molecule has 0 unspecified atom stereocenters. The van der Waals surface area contributed by atoms with Gasteiger partial charge in [-0.15, -0.1) is 11.3 Å². The molecule has 0 aliphatic carbocycles. The van der Waals surface area contributed by atoms with E-state index in [1.165, 1.54) is 10.4 Å². The van der Waals surface area contributed by atoms with E-state index in [2.05, 4.69) is 51.6 Å². The van der Waals surface area contributed by atoms with E-state index >= 15 is 0 Å². The van der Waals surface area contributed by atoms with Gasteiger partial charge < -0.3 is 4.90 Å². The zero-order chi connectivity index (χ0) is 22.9. The van der Waals surface area contributed by atoms with Crippen LogP contribution in [0.3, 0.4) is 0 Å². The molecule has 33 heavy (non-hydrogen) atoms. The van der Waals surface area contributed by atoms with E-state index in [4.69, 9.17) is 0 Å². The molecule has 8 nitrogen and oxygen atoms in total. The van der Waals surface area contributed by atoms with Gasteiger partial charge in [0, 0.05) is 67.7 Å². The first-order valence-corrected chi connectivity index (χ1v) is 12.3. The number of pyridine rings is 1. The largest absolute Gasteiger partial charge is 0.339 e. The Morgan fingerprint density at radius 3 is 2.61 bits per heavy atom. The van der Waals surface area contributed by atoms with Crippen LogP contribution in [0.1, 0.15) is 23.9 Å². The number of amides is 1. The Morgan fingerprint density at radius 2 is 1.91 bits per heavy atom. The first-order chi connectivity index (χ1) is 16.0. The maximum atomic E-state index is 13.1. The Bertz CT molecular complexity index is 1270. The number of carbonyl (C=O) groups excluding carboxylic acids is 1. The van der Waals surface area contributed by atoms with Crippen LogP contribution in [0, 0.1) is 13.8 Å². The van der Waals surface area contributed by atoms with E-state index in [1.54, 1.807) is 22.2 Å². The maximum Gasteiger partial charge on any atom is 0.244 e. The molecule has 0 atom stereocenters. The van der Waals surface area contributed by atoms with Crippen LogP contribution in [-0.4, -0.2) is 66.4 Å². The van der Waals surface area contributed by atoms with E-state index in [9.17, 15) is 4.79 Å².